The van der Waals surface area contributed by atoms with Gasteiger partial charge >= 0.3 is 12.4 Å². The zero-order valence-electron chi connectivity index (χ0n) is 70.5. The third kappa shape index (κ3) is 15.6. The molecule has 0 fully saturated rings. The van der Waals surface area contributed by atoms with Crippen molar-refractivity contribution in [3.8, 4) is 47.2 Å². The van der Waals surface area contributed by atoms with Gasteiger partial charge in [0.05, 0.1) is 70.4 Å². The average molecular weight is 1800 g/mol. The number of hydrogen-bond acceptors (Lipinski definition) is 26. The number of ether oxygens (including phenoxy) is 4. The van der Waals surface area contributed by atoms with Crippen LogP contribution in [0.4, 0.5) is 55.5 Å². The third-order valence-corrected chi connectivity index (χ3v) is 21.4. The van der Waals surface area contributed by atoms with Gasteiger partial charge in [0.2, 0.25) is 11.0 Å². The summed E-state index contributed by atoms with van der Waals surface area (Å²) in [5.74, 6) is -3.39. The molecule has 22 aromatic rings. The number of methoxy groups -OCH3 is 2. The van der Waals surface area contributed by atoms with Crippen LogP contribution >= 0.6 is 0 Å². The molecular formula is C96H54F10N24O4. The molecule has 0 aliphatic heterocycles. The molecule has 10 heterocycles. The summed E-state index contributed by atoms with van der Waals surface area (Å²) >= 11 is 0. The van der Waals surface area contributed by atoms with Gasteiger partial charge in [-0.05, 0) is 71.9 Å². The number of nitrogens with zero attached hydrogens (tertiary/aromatic N) is 24. The zero-order valence-corrected chi connectivity index (χ0v) is 70.5. The predicted octanol–water partition coefficient (Wildman–Crippen LogP) is 22.5. The molecule has 38 heteroatoms. The van der Waals surface area contributed by atoms with Crippen molar-refractivity contribution < 1.29 is 62.9 Å². The standard InChI is InChI=1S/C28H20N4O2.C18H10F6N4.C18H4N8.C18H16N4O2.C14H4F4N4/c1-17-18(2)30-25-23(29-17)21-15-9-10-16-22(21)24-26(25)32-28(34-20-13-7-4-8-14-20)27(31-24)33-19-11-5-3-6-12-19;1-7-8(2)26-13-11(25-7)9-5-3-4-6-10(9)12-14(13)28-16(18(22,23)24)15(27-12)17(19,20)21;1-21-17-18(22-2)26-16-14(25-17)10-6-4-3-5-9(10)13-15(16)24-12(8-20)11(7-19)23-13;1-9-10(2)20-15-13(19-9)11-7-5-6-8-12(11)14-16(15)22-18(24-4)17(21-14)23-3;15-11-13(17)21-9-7(19-11)5-3-1-2-4-6(5)8-10(9)22-14(18)12(16)20-8/h3-16H,1-2H3;3-6H,1-2H3;3-6H;5-8H,1-4H3;1-4H. The number of rotatable bonds is 6. The van der Waals surface area contributed by atoms with E-state index in [0.29, 0.717) is 94.7 Å². The maximum Gasteiger partial charge on any atom is 0.435 e. The normalized spacial score (nSPS) is 11.5. The Morgan fingerprint density at radius 1 is 0.254 bits per heavy atom. The minimum absolute atomic E-state index is 0.00214. The second-order valence-corrected chi connectivity index (χ2v) is 29.6. The number of benzene rings is 12. The van der Waals surface area contributed by atoms with Crippen LogP contribution in [-0.4, -0.2) is 114 Å². The van der Waals surface area contributed by atoms with Gasteiger partial charge in [-0.25, -0.2) is 89.7 Å². The number of nitriles is 2. The van der Waals surface area contributed by atoms with Crippen molar-refractivity contribution in [3.05, 3.63) is 286 Å². The molecule has 0 saturated carbocycles. The van der Waals surface area contributed by atoms with Gasteiger partial charge in [-0.3, -0.25) is 0 Å². The van der Waals surface area contributed by atoms with Gasteiger partial charge in [-0.1, -0.05) is 165 Å². The number of aryl methyl sites for hydroxylation is 6. The molecule has 0 radical (unpaired) electrons. The van der Waals surface area contributed by atoms with Crippen LogP contribution in [0.25, 0.3) is 174 Å². The molecule has 22 rings (SSSR count). The van der Waals surface area contributed by atoms with E-state index in [0.717, 1.165) is 66.4 Å². The molecule has 0 aliphatic rings. The summed E-state index contributed by atoms with van der Waals surface area (Å²) in [5, 5.41) is 25.1. The van der Waals surface area contributed by atoms with Crippen molar-refractivity contribution in [2.45, 2.75) is 53.9 Å². The summed E-state index contributed by atoms with van der Waals surface area (Å²) in [7, 11) is 3.09. The van der Waals surface area contributed by atoms with Gasteiger partial charge in [0.15, 0.2) is 22.8 Å². The SMILES string of the molecule is COc1nc2c3ccccc3c3nc(C)c(C)nc3c2nc1OC.Cc1nc2c3ccccc3c3nc(C(F)(F)F)c(C(F)(F)F)nc3c2nc1C.Cc1nc2c3ccccc3c3nc(Oc4ccccc4)c(Oc4ccccc4)nc3c2nc1C.Fc1nc2c3ccccc3c3nc(F)c(F)nc3c2nc1F.[C-]#[N+]c1nc2c3ccccc3c3nc(C#N)c(C#N)nc3c2nc1[N+]#[C-]. The van der Waals surface area contributed by atoms with Gasteiger partial charge in [-0.15, -0.1) is 9.97 Å². The summed E-state index contributed by atoms with van der Waals surface area (Å²) in [4.78, 5) is 91.1. The van der Waals surface area contributed by atoms with E-state index in [2.05, 4.69) is 79.5 Å². The highest BCUT2D eigenvalue weighted by molar-refractivity contribution is 6.25. The monoisotopic (exact) mass is 1800 g/mol. The lowest BCUT2D eigenvalue weighted by molar-refractivity contribution is -0.167. The van der Waals surface area contributed by atoms with E-state index in [-0.39, 0.29) is 95.3 Å². The maximum atomic E-state index is 13.4. The molecule has 134 heavy (non-hydrogen) atoms. The fraction of sp³-hybridized carbons (Fsp3) is 0.104. The van der Waals surface area contributed by atoms with Crippen LogP contribution in [0.3, 0.4) is 0 Å². The lowest BCUT2D eigenvalue weighted by Crippen LogP contribution is -2.21. The molecule has 0 aliphatic carbocycles. The van der Waals surface area contributed by atoms with Crippen molar-refractivity contribution in [1.29, 1.82) is 10.5 Å². The summed E-state index contributed by atoms with van der Waals surface area (Å²) in [6, 6.07) is 58.6. The molecule has 12 aromatic carbocycles. The molecule has 0 spiro atoms. The van der Waals surface area contributed by atoms with E-state index in [4.69, 9.17) is 62.0 Å². The van der Waals surface area contributed by atoms with E-state index < -0.39 is 47.5 Å². The summed E-state index contributed by atoms with van der Waals surface area (Å²) in [5.41, 5.74) is 6.36. The Morgan fingerprint density at radius 2 is 0.448 bits per heavy atom. The van der Waals surface area contributed by atoms with Crippen molar-refractivity contribution in [1.82, 2.24) is 99.7 Å². The average Bonchev–Trinajstić information content (AvgIpc) is 0.726. The van der Waals surface area contributed by atoms with Crippen molar-refractivity contribution in [3.63, 3.8) is 0 Å². The van der Waals surface area contributed by atoms with E-state index in [1.807, 2.05) is 149 Å². The molecule has 0 amide bonds. The summed E-state index contributed by atoms with van der Waals surface area (Å²) in [6.45, 7) is 25.5. The van der Waals surface area contributed by atoms with Crippen LogP contribution in [0.1, 0.15) is 56.9 Å². The quantitative estimate of drug-likeness (QED) is 0.0847. The molecule has 652 valence electrons. The van der Waals surface area contributed by atoms with Crippen LogP contribution in [0, 0.1) is 101 Å². The lowest BCUT2D eigenvalue weighted by atomic mass is 10.0. The molecule has 0 N–H and O–H groups in total. The fourth-order valence-corrected chi connectivity index (χ4v) is 15.0. The number of alkyl halides is 6. The van der Waals surface area contributed by atoms with E-state index in [1.54, 1.807) is 94.8 Å². The Bertz CT molecular complexity index is 8740. The third-order valence-electron chi connectivity index (χ3n) is 21.4. The number of aromatic nitrogens is 20. The smallest absolute Gasteiger partial charge is 0.435 e. The van der Waals surface area contributed by atoms with E-state index in [9.17, 15) is 54.4 Å². The molecule has 0 bridgehead atoms. The fourth-order valence-electron chi connectivity index (χ4n) is 15.0. The molecule has 28 nitrogen and oxygen atoms in total. The van der Waals surface area contributed by atoms with Crippen LogP contribution in [-0.2, 0) is 12.4 Å². The van der Waals surface area contributed by atoms with Gasteiger partial charge in [0.1, 0.15) is 101 Å². The van der Waals surface area contributed by atoms with E-state index >= 15 is 0 Å². The molecule has 0 atom stereocenters. The Labute approximate surface area is 746 Å². The first-order valence-electron chi connectivity index (χ1n) is 39.9. The van der Waals surface area contributed by atoms with Crippen molar-refractivity contribution >= 4 is 176 Å². The van der Waals surface area contributed by atoms with Crippen LogP contribution in [0.5, 0.6) is 35.0 Å². The van der Waals surface area contributed by atoms with Gasteiger partial charge in [-0.2, -0.15) is 54.4 Å². The first kappa shape index (κ1) is 86.5. The topological polar surface area (TPSA) is 351 Å². The second-order valence-electron chi connectivity index (χ2n) is 29.6. The van der Waals surface area contributed by atoms with Gasteiger partial charge in [0, 0.05) is 53.9 Å². The Kier molecular flexibility index (Phi) is 22.2. The minimum atomic E-state index is -5.34. The summed E-state index contributed by atoms with van der Waals surface area (Å²) in [6.07, 6.45) is -10.7. The number of para-hydroxylation sites is 2. The highest BCUT2D eigenvalue weighted by Gasteiger charge is 2.47. The van der Waals surface area contributed by atoms with Crippen LogP contribution in [0.15, 0.2) is 182 Å². The van der Waals surface area contributed by atoms with Crippen LogP contribution in [0.2, 0.25) is 0 Å². The number of fused-ring (bicyclic) bond motifs is 30. The van der Waals surface area contributed by atoms with E-state index in [1.165, 1.54) is 6.07 Å². The summed E-state index contributed by atoms with van der Waals surface area (Å²) < 4.78 is 156. The molecular weight excluding hydrogens is 1740 g/mol. The minimum Gasteiger partial charge on any atom is -0.477 e. The largest absolute Gasteiger partial charge is 0.477 e. The van der Waals surface area contributed by atoms with Gasteiger partial charge in [0.25, 0.3) is 58.9 Å². The van der Waals surface area contributed by atoms with Crippen molar-refractivity contribution in [2.24, 2.45) is 0 Å². The first-order valence-corrected chi connectivity index (χ1v) is 39.9. The highest BCUT2D eigenvalue weighted by atomic mass is 19.4. The van der Waals surface area contributed by atoms with Crippen molar-refractivity contribution in [2.75, 3.05) is 14.2 Å². The zero-order chi connectivity index (χ0) is 94.0. The Balaban J connectivity index is 0.000000113. The number of hydrogen-bond donors (Lipinski definition) is 0. The molecule has 10 aromatic heterocycles. The highest BCUT2D eigenvalue weighted by Crippen LogP contribution is 2.45. The molecule has 0 saturated heterocycles. The Morgan fingerprint density at radius 3 is 0.754 bits per heavy atom. The molecule has 0 unspecified atom stereocenters. The lowest BCUT2D eigenvalue weighted by Gasteiger charge is -2.16. The Hall–Kier alpha value is -18.2. The number of halogens is 10. The van der Waals surface area contributed by atoms with Gasteiger partial charge < -0.3 is 28.6 Å². The first-order chi connectivity index (χ1) is 64.6. The predicted molar refractivity (Wildman–Crippen MR) is 477 cm³/mol. The second kappa shape index (κ2) is 34.4. The maximum absolute atomic E-state index is 13.4. The van der Waals surface area contributed by atoms with Crippen LogP contribution < -0.4 is 18.9 Å².